The Labute approximate surface area is 148 Å². The summed E-state index contributed by atoms with van der Waals surface area (Å²) in [7, 11) is 0. The predicted molar refractivity (Wildman–Crippen MR) is 98.4 cm³/mol. The van der Waals surface area contributed by atoms with Gasteiger partial charge in [-0.2, -0.15) is 0 Å². The van der Waals surface area contributed by atoms with Gasteiger partial charge < -0.3 is 11.1 Å². The molecule has 3 rings (SSSR count). The summed E-state index contributed by atoms with van der Waals surface area (Å²) < 4.78 is 13.2. The highest BCUT2D eigenvalue weighted by Crippen LogP contribution is 2.35. The average molecular weight is 340 g/mol. The van der Waals surface area contributed by atoms with E-state index in [0.717, 1.165) is 29.7 Å². The summed E-state index contributed by atoms with van der Waals surface area (Å²) in [6.07, 6.45) is 5.62. The number of benzene rings is 2. The molecule has 1 aliphatic rings. The van der Waals surface area contributed by atoms with Gasteiger partial charge in [-0.25, -0.2) is 4.39 Å². The van der Waals surface area contributed by atoms with E-state index in [1.54, 1.807) is 12.1 Å². The molecule has 2 aromatic carbocycles. The molecule has 3 N–H and O–H groups in total. The molecule has 1 amide bonds. The Balaban J connectivity index is 1.66. The summed E-state index contributed by atoms with van der Waals surface area (Å²) in [5.41, 5.74) is 8.65. The van der Waals surface area contributed by atoms with E-state index in [1.807, 2.05) is 24.3 Å². The van der Waals surface area contributed by atoms with Crippen LogP contribution in [0.25, 0.3) is 0 Å². The van der Waals surface area contributed by atoms with E-state index in [-0.39, 0.29) is 17.8 Å². The molecule has 0 radical (unpaired) electrons. The minimum absolute atomic E-state index is 0.0180. The molecule has 4 heteroatoms. The normalized spacial score (nSPS) is 15.9. The van der Waals surface area contributed by atoms with E-state index in [2.05, 4.69) is 5.32 Å². The Morgan fingerprint density at radius 2 is 1.80 bits per heavy atom. The molecule has 2 aromatic rings. The fraction of sp³-hybridized carbons (Fsp3) is 0.381. The Morgan fingerprint density at radius 3 is 2.48 bits per heavy atom. The molecule has 1 atom stereocenters. The molecule has 0 spiro atoms. The third kappa shape index (κ3) is 4.59. The molecule has 1 aliphatic carbocycles. The van der Waals surface area contributed by atoms with E-state index in [1.165, 1.54) is 25.0 Å². The number of hydrogen-bond acceptors (Lipinski definition) is 2. The van der Waals surface area contributed by atoms with Crippen LogP contribution in [0.3, 0.4) is 0 Å². The van der Waals surface area contributed by atoms with E-state index >= 15 is 0 Å². The zero-order valence-electron chi connectivity index (χ0n) is 14.4. The first-order chi connectivity index (χ1) is 12.1. The first kappa shape index (κ1) is 17.5. The van der Waals surface area contributed by atoms with Crippen molar-refractivity contribution >= 4 is 11.6 Å². The molecule has 1 fully saturated rings. The van der Waals surface area contributed by atoms with Crippen molar-refractivity contribution < 1.29 is 9.18 Å². The second kappa shape index (κ2) is 8.15. The van der Waals surface area contributed by atoms with Crippen molar-refractivity contribution in [3.8, 4) is 0 Å². The van der Waals surface area contributed by atoms with Crippen LogP contribution in [0.1, 0.15) is 49.3 Å². The Hall–Kier alpha value is -2.36. The lowest BCUT2D eigenvalue weighted by Gasteiger charge is -2.25. The topological polar surface area (TPSA) is 55.1 Å². The van der Waals surface area contributed by atoms with Gasteiger partial charge in [-0.3, -0.25) is 4.79 Å². The maximum Gasteiger partial charge on any atom is 0.220 e. The number of anilines is 1. The first-order valence-corrected chi connectivity index (χ1v) is 9.01. The largest absolute Gasteiger partial charge is 0.399 e. The minimum Gasteiger partial charge on any atom is -0.399 e. The molecular formula is C21H25FN2O. The summed E-state index contributed by atoms with van der Waals surface area (Å²) in [6, 6.07) is 14.1. The van der Waals surface area contributed by atoms with Crippen LogP contribution in [0.4, 0.5) is 10.1 Å². The molecule has 0 aromatic heterocycles. The molecule has 0 bridgehead atoms. The summed E-state index contributed by atoms with van der Waals surface area (Å²) in [5.74, 6) is 0.195. The zero-order chi connectivity index (χ0) is 17.6. The van der Waals surface area contributed by atoms with Crippen LogP contribution in [0, 0.1) is 11.7 Å². The standard InChI is InChI=1S/C21H25FN2O/c22-18-12-9-17(10-13-18)21(16-6-1-2-7-16)24-20(25)14-11-15-5-3-4-8-19(15)23/h3-5,8-10,12-13,16,21H,1-2,6-7,11,14,23H2,(H,24,25). The van der Waals surface area contributed by atoms with Crippen molar-refractivity contribution in [1.82, 2.24) is 5.32 Å². The lowest BCUT2D eigenvalue weighted by Crippen LogP contribution is -2.33. The van der Waals surface area contributed by atoms with Gasteiger partial charge in [0.25, 0.3) is 0 Å². The van der Waals surface area contributed by atoms with Gasteiger partial charge in [0.1, 0.15) is 5.82 Å². The lowest BCUT2D eigenvalue weighted by molar-refractivity contribution is -0.122. The number of nitrogens with two attached hydrogens (primary N) is 1. The van der Waals surface area contributed by atoms with Crippen LogP contribution in [-0.2, 0) is 11.2 Å². The van der Waals surface area contributed by atoms with Crippen molar-refractivity contribution in [1.29, 1.82) is 0 Å². The summed E-state index contributed by atoms with van der Waals surface area (Å²) in [6.45, 7) is 0. The number of nitrogen functional groups attached to an aromatic ring is 1. The van der Waals surface area contributed by atoms with Crippen LogP contribution in [0.15, 0.2) is 48.5 Å². The third-order valence-corrected chi connectivity index (χ3v) is 5.09. The fourth-order valence-electron chi connectivity index (χ4n) is 3.69. The molecule has 0 aliphatic heterocycles. The zero-order valence-corrected chi connectivity index (χ0v) is 14.4. The Morgan fingerprint density at radius 1 is 1.12 bits per heavy atom. The smallest absolute Gasteiger partial charge is 0.220 e. The molecule has 25 heavy (non-hydrogen) atoms. The second-order valence-electron chi connectivity index (χ2n) is 6.84. The first-order valence-electron chi connectivity index (χ1n) is 9.01. The van der Waals surface area contributed by atoms with E-state index in [4.69, 9.17) is 5.73 Å². The number of rotatable bonds is 6. The minimum atomic E-state index is -0.250. The van der Waals surface area contributed by atoms with Gasteiger partial charge in [0.05, 0.1) is 6.04 Å². The highest BCUT2D eigenvalue weighted by Gasteiger charge is 2.27. The van der Waals surface area contributed by atoms with Crippen LogP contribution in [0.5, 0.6) is 0 Å². The maximum atomic E-state index is 13.2. The fourth-order valence-corrected chi connectivity index (χ4v) is 3.69. The summed E-state index contributed by atoms with van der Waals surface area (Å²) in [5, 5.41) is 3.18. The molecule has 0 heterocycles. The van der Waals surface area contributed by atoms with Crippen molar-refractivity contribution in [2.45, 2.75) is 44.6 Å². The van der Waals surface area contributed by atoms with Gasteiger partial charge in [-0.05, 0) is 54.5 Å². The van der Waals surface area contributed by atoms with Crippen LogP contribution >= 0.6 is 0 Å². The number of hydrogen-bond donors (Lipinski definition) is 2. The quantitative estimate of drug-likeness (QED) is 0.766. The molecular weight excluding hydrogens is 315 g/mol. The molecule has 3 nitrogen and oxygen atoms in total. The highest BCUT2D eigenvalue weighted by molar-refractivity contribution is 5.77. The third-order valence-electron chi connectivity index (χ3n) is 5.09. The molecule has 1 saturated carbocycles. The highest BCUT2D eigenvalue weighted by atomic mass is 19.1. The van der Waals surface area contributed by atoms with Crippen molar-refractivity contribution in [2.75, 3.05) is 5.73 Å². The van der Waals surface area contributed by atoms with Crippen LogP contribution in [-0.4, -0.2) is 5.91 Å². The van der Waals surface area contributed by atoms with E-state index in [9.17, 15) is 9.18 Å². The van der Waals surface area contributed by atoms with E-state index < -0.39 is 0 Å². The number of carbonyl (C=O) groups is 1. The van der Waals surface area contributed by atoms with Gasteiger partial charge in [-0.1, -0.05) is 43.2 Å². The summed E-state index contributed by atoms with van der Waals surface area (Å²) >= 11 is 0. The van der Waals surface area contributed by atoms with Crippen molar-refractivity contribution in [3.05, 3.63) is 65.5 Å². The number of amides is 1. The van der Waals surface area contributed by atoms with Crippen LogP contribution < -0.4 is 11.1 Å². The van der Waals surface area contributed by atoms with Gasteiger partial charge in [0.2, 0.25) is 5.91 Å². The summed E-state index contributed by atoms with van der Waals surface area (Å²) in [4.78, 5) is 12.5. The monoisotopic (exact) mass is 340 g/mol. The SMILES string of the molecule is Nc1ccccc1CCC(=O)NC(c1ccc(F)cc1)C1CCCC1. The molecule has 132 valence electrons. The number of para-hydroxylation sites is 1. The maximum absolute atomic E-state index is 13.2. The van der Waals surface area contributed by atoms with Gasteiger partial charge in [0.15, 0.2) is 0 Å². The number of halogens is 1. The Bertz CT molecular complexity index is 708. The predicted octanol–water partition coefficient (Wildman–Crippen LogP) is 4.39. The number of nitrogens with one attached hydrogen (secondary N) is 1. The van der Waals surface area contributed by atoms with Crippen molar-refractivity contribution in [2.24, 2.45) is 5.92 Å². The van der Waals surface area contributed by atoms with Gasteiger partial charge in [-0.15, -0.1) is 0 Å². The lowest BCUT2D eigenvalue weighted by atomic mass is 9.91. The molecule has 0 saturated heterocycles. The second-order valence-corrected chi connectivity index (χ2v) is 6.84. The number of aryl methyl sites for hydroxylation is 1. The average Bonchev–Trinajstić information content (AvgIpc) is 3.14. The van der Waals surface area contributed by atoms with Crippen molar-refractivity contribution in [3.63, 3.8) is 0 Å². The number of carbonyl (C=O) groups excluding carboxylic acids is 1. The van der Waals surface area contributed by atoms with Gasteiger partial charge >= 0.3 is 0 Å². The van der Waals surface area contributed by atoms with Gasteiger partial charge in [0, 0.05) is 12.1 Å². The van der Waals surface area contributed by atoms with Crippen LogP contribution in [0.2, 0.25) is 0 Å². The molecule has 1 unspecified atom stereocenters. The Kier molecular flexibility index (Phi) is 5.69. The van der Waals surface area contributed by atoms with E-state index in [0.29, 0.717) is 18.8 Å².